The molecule has 2 heterocycles. The summed E-state index contributed by atoms with van der Waals surface area (Å²) in [4.78, 5) is 1.26. The third-order valence-corrected chi connectivity index (χ3v) is 4.96. The van der Waals surface area contributed by atoms with Gasteiger partial charge < -0.3 is 5.32 Å². The van der Waals surface area contributed by atoms with Crippen molar-refractivity contribution in [3.63, 3.8) is 0 Å². The number of nitrogens with one attached hydrogen (secondary N) is 1. The summed E-state index contributed by atoms with van der Waals surface area (Å²) in [5, 5.41) is 9.46. The average molecular weight is 320 g/mol. The molecule has 3 aromatic rings. The van der Waals surface area contributed by atoms with E-state index in [1.165, 1.54) is 15.8 Å². The molecule has 5 heteroatoms. The molecule has 0 amide bonds. The number of aryl methyl sites for hydroxylation is 1. The number of halogens is 1. The molecule has 3 rings (SSSR count). The Morgan fingerprint density at radius 3 is 2.81 bits per heavy atom. The van der Waals surface area contributed by atoms with Crippen LogP contribution in [0.3, 0.4) is 0 Å². The first-order valence-corrected chi connectivity index (χ1v) is 8.27. The van der Waals surface area contributed by atoms with Crippen LogP contribution in [-0.4, -0.2) is 16.3 Å². The monoisotopic (exact) mass is 319 g/mol. The first kappa shape index (κ1) is 14.6. The van der Waals surface area contributed by atoms with E-state index in [9.17, 15) is 0 Å². The second-order valence-electron chi connectivity index (χ2n) is 5.04. The van der Waals surface area contributed by atoms with Crippen molar-refractivity contribution in [2.75, 3.05) is 6.54 Å². The van der Waals surface area contributed by atoms with Crippen molar-refractivity contribution in [3.05, 3.63) is 51.3 Å². The molecule has 0 spiro atoms. The van der Waals surface area contributed by atoms with Crippen molar-refractivity contribution >= 4 is 33.8 Å². The Bertz CT molecular complexity index is 747. The van der Waals surface area contributed by atoms with Crippen LogP contribution in [-0.2, 0) is 13.5 Å². The quantitative estimate of drug-likeness (QED) is 0.764. The van der Waals surface area contributed by atoms with Gasteiger partial charge in [0.05, 0.1) is 15.5 Å². The summed E-state index contributed by atoms with van der Waals surface area (Å²) < 4.78 is 2.79. The van der Waals surface area contributed by atoms with Gasteiger partial charge >= 0.3 is 0 Å². The Labute approximate surface area is 133 Å². The zero-order chi connectivity index (χ0) is 14.8. The third-order valence-electron chi connectivity index (χ3n) is 3.62. The molecule has 1 aromatic carbocycles. The zero-order valence-electron chi connectivity index (χ0n) is 12.1. The minimum Gasteiger partial charge on any atom is -0.309 e. The highest BCUT2D eigenvalue weighted by molar-refractivity contribution is 7.16. The summed E-state index contributed by atoms with van der Waals surface area (Å²) >= 11 is 7.71. The van der Waals surface area contributed by atoms with Crippen LogP contribution in [0.25, 0.3) is 10.9 Å². The summed E-state index contributed by atoms with van der Waals surface area (Å²) in [5.74, 6) is 0. The summed E-state index contributed by atoms with van der Waals surface area (Å²) in [6.45, 7) is 3.05. The fourth-order valence-corrected chi connectivity index (χ4v) is 3.80. The third kappa shape index (κ3) is 2.98. The molecule has 1 N–H and O–H groups in total. The van der Waals surface area contributed by atoms with Crippen molar-refractivity contribution in [2.45, 2.75) is 19.4 Å². The number of thiophene rings is 1. The smallest absolute Gasteiger partial charge is 0.0931 e. The van der Waals surface area contributed by atoms with Crippen LogP contribution in [0.4, 0.5) is 0 Å². The molecular weight excluding hydrogens is 302 g/mol. The van der Waals surface area contributed by atoms with Gasteiger partial charge in [-0.05, 0) is 24.7 Å². The maximum absolute atomic E-state index is 6.08. The first-order valence-electron chi connectivity index (χ1n) is 7.08. The highest BCUT2D eigenvalue weighted by atomic mass is 35.5. The van der Waals surface area contributed by atoms with E-state index in [2.05, 4.69) is 42.6 Å². The van der Waals surface area contributed by atoms with Gasteiger partial charge in [0.2, 0.25) is 0 Å². The molecule has 0 aliphatic heterocycles. The molecule has 0 radical (unpaired) electrons. The number of benzene rings is 1. The lowest BCUT2D eigenvalue weighted by Crippen LogP contribution is -2.22. The van der Waals surface area contributed by atoms with Gasteiger partial charge in [-0.25, -0.2) is 0 Å². The predicted molar refractivity (Wildman–Crippen MR) is 90.2 cm³/mol. The normalized spacial score (nSPS) is 12.9. The van der Waals surface area contributed by atoms with Crippen LogP contribution in [0, 0.1) is 0 Å². The van der Waals surface area contributed by atoms with E-state index in [0.29, 0.717) is 0 Å². The highest BCUT2D eigenvalue weighted by Crippen LogP contribution is 2.30. The standard InChI is InChI=1S/C16H18ClN3S/c1-3-18-13(15-8-9-16(17)21-15)10-12-11-6-4-5-7-14(11)20(2)19-12/h4-9,13,18H,3,10H2,1-2H3. The van der Waals surface area contributed by atoms with Crippen molar-refractivity contribution < 1.29 is 0 Å². The molecule has 0 bridgehead atoms. The first-order chi connectivity index (χ1) is 10.2. The van der Waals surface area contributed by atoms with Gasteiger partial charge in [0.25, 0.3) is 0 Å². The van der Waals surface area contributed by atoms with E-state index in [4.69, 9.17) is 16.7 Å². The molecule has 2 aromatic heterocycles. The van der Waals surface area contributed by atoms with Crippen LogP contribution in [0.5, 0.6) is 0 Å². The van der Waals surface area contributed by atoms with Gasteiger partial charge in [0, 0.05) is 29.8 Å². The van der Waals surface area contributed by atoms with Crippen LogP contribution < -0.4 is 5.32 Å². The number of fused-ring (bicyclic) bond motifs is 1. The number of hydrogen-bond donors (Lipinski definition) is 1. The zero-order valence-corrected chi connectivity index (χ0v) is 13.7. The van der Waals surface area contributed by atoms with Gasteiger partial charge in [-0.3, -0.25) is 4.68 Å². The largest absolute Gasteiger partial charge is 0.309 e. The fraction of sp³-hybridized carbons (Fsp3) is 0.312. The van der Waals surface area contributed by atoms with E-state index in [-0.39, 0.29) is 6.04 Å². The lowest BCUT2D eigenvalue weighted by atomic mass is 10.1. The molecule has 1 unspecified atom stereocenters. The molecule has 0 aliphatic rings. The summed E-state index contributed by atoms with van der Waals surface area (Å²) in [5.41, 5.74) is 2.30. The lowest BCUT2D eigenvalue weighted by Gasteiger charge is -2.15. The molecular formula is C16H18ClN3S. The Morgan fingerprint density at radius 2 is 2.10 bits per heavy atom. The van der Waals surface area contributed by atoms with E-state index in [0.717, 1.165) is 23.0 Å². The molecule has 21 heavy (non-hydrogen) atoms. The van der Waals surface area contributed by atoms with E-state index >= 15 is 0 Å². The molecule has 110 valence electrons. The van der Waals surface area contributed by atoms with E-state index in [1.807, 2.05) is 17.8 Å². The Hall–Kier alpha value is -1.36. The highest BCUT2D eigenvalue weighted by Gasteiger charge is 2.17. The Morgan fingerprint density at radius 1 is 1.29 bits per heavy atom. The number of para-hydroxylation sites is 1. The van der Waals surface area contributed by atoms with Gasteiger partial charge in [-0.15, -0.1) is 11.3 Å². The number of likely N-dealkylation sites (N-methyl/N-ethyl adjacent to an activating group) is 1. The minimum atomic E-state index is 0.255. The molecule has 1 atom stereocenters. The van der Waals surface area contributed by atoms with Gasteiger partial charge in [-0.1, -0.05) is 36.7 Å². The SMILES string of the molecule is CCNC(Cc1nn(C)c2ccccc12)c1ccc(Cl)s1. The van der Waals surface area contributed by atoms with Crippen LogP contribution in [0.2, 0.25) is 4.34 Å². The fourth-order valence-electron chi connectivity index (χ4n) is 2.67. The second kappa shape index (κ2) is 6.18. The topological polar surface area (TPSA) is 29.9 Å². The van der Waals surface area contributed by atoms with Crippen molar-refractivity contribution in [3.8, 4) is 0 Å². The molecule has 0 aliphatic carbocycles. The lowest BCUT2D eigenvalue weighted by molar-refractivity contribution is 0.549. The van der Waals surface area contributed by atoms with Crippen LogP contribution >= 0.6 is 22.9 Å². The molecule has 0 fully saturated rings. The van der Waals surface area contributed by atoms with Crippen molar-refractivity contribution in [1.29, 1.82) is 0 Å². The summed E-state index contributed by atoms with van der Waals surface area (Å²) in [7, 11) is 2.00. The Kier molecular flexibility index (Phi) is 4.29. The number of rotatable bonds is 5. The van der Waals surface area contributed by atoms with E-state index in [1.54, 1.807) is 11.3 Å². The predicted octanol–water partition coefficient (Wildman–Crippen LogP) is 4.18. The molecule has 3 nitrogen and oxygen atoms in total. The van der Waals surface area contributed by atoms with Gasteiger partial charge in [0.15, 0.2) is 0 Å². The maximum Gasteiger partial charge on any atom is 0.0931 e. The van der Waals surface area contributed by atoms with Crippen molar-refractivity contribution in [2.24, 2.45) is 7.05 Å². The number of nitrogens with zero attached hydrogens (tertiary/aromatic N) is 2. The molecule has 0 saturated heterocycles. The average Bonchev–Trinajstić information content (AvgIpc) is 3.04. The maximum atomic E-state index is 6.08. The van der Waals surface area contributed by atoms with Gasteiger partial charge in [-0.2, -0.15) is 5.10 Å². The number of hydrogen-bond acceptors (Lipinski definition) is 3. The summed E-state index contributed by atoms with van der Waals surface area (Å²) in [6, 6.07) is 12.7. The van der Waals surface area contributed by atoms with Crippen LogP contribution in [0.15, 0.2) is 36.4 Å². The second-order valence-corrected chi connectivity index (χ2v) is 6.79. The summed E-state index contributed by atoms with van der Waals surface area (Å²) in [6.07, 6.45) is 0.867. The van der Waals surface area contributed by atoms with Crippen LogP contribution in [0.1, 0.15) is 23.5 Å². The number of aromatic nitrogens is 2. The minimum absolute atomic E-state index is 0.255. The van der Waals surface area contributed by atoms with E-state index < -0.39 is 0 Å². The molecule has 0 saturated carbocycles. The van der Waals surface area contributed by atoms with Gasteiger partial charge in [0.1, 0.15) is 0 Å². The van der Waals surface area contributed by atoms with Crippen molar-refractivity contribution in [1.82, 2.24) is 15.1 Å². The Balaban J connectivity index is 1.94.